The molecule has 0 bridgehead atoms. The number of benzene rings is 1. The highest BCUT2D eigenvalue weighted by Gasteiger charge is 2.27. The first-order chi connectivity index (χ1) is 12.9. The Balaban J connectivity index is 2.25. The van der Waals surface area contributed by atoms with Crippen molar-refractivity contribution in [1.29, 1.82) is 0 Å². The van der Waals surface area contributed by atoms with Crippen LogP contribution in [0.1, 0.15) is 39.5 Å². The third kappa shape index (κ3) is 5.43. The van der Waals surface area contributed by atoms with Crippen LogP contribution >= 0.6 is 0 Å². The Morgan fingerprint density at radius 3 is 2.59 bits per heavy atom. The van der Waals surface area contributed by atoms with E-state index in [0.717, 1.165) is 25.7 Å². The molecular weight excluding hydrogens is 368 g/mol. The zero-order valence-electron chi connectivity index (χ0n) is 16.4. The van der Waals surface area contributed by atoms with E-state index in [1.165, 1.54) is 23.5 Å². The lowest BCUT2D eigenvalue weighted by Crippen LogP contribution is -2.40. The second-order valence-corrected chi connectivity index (χ2v) is 8.55. The average molecular weight is 399 g/mol. The van der Waals surface area contributed by atoms with Gasteiger partial charge in [-0.3, -0.25) is 4.79 Å². The quantitative estimate of drug-likeness (QED) is 0.691. The van der Waals surface area contributed by atoms with E-state index in [1.807, 2.05) is 6.92 Å². The molecule has 0 spiro atoms. The summed E-state index contributed by atoms with van der Waals surface area (Å²) in [5.74, 6) is 0.231. The molecule has 7 nitrogen and oxygen atoms in total. The maximum absolute atomic E-state index is 12.9. The van der Waals surface area contributed by atoms with Crippen LogP contribution in [-0.4, -0.2) is 52.0 Å². The van der Waals surface area contributed by atoms with E-state index in [9.17, 15) is 13.2 Å². The van der Waals surface area contributed by atoms with Crippen LogP contribution < -0.4 is 10.1 Å². The van der Waals surface area contributed by atoms with E-state index in [1.54, 1.807) is 6.07 Å². The molecule has 0 aromatic heterocycles. The molecule has 8 heteroatoms. The van der Waals surface area contributed by atoms with Gasteiger partial charge in [-0.1, -0.05) is 26.7 Å². The SMILES string of the molecule is CCCCC(CC)C(=O)Nc1cc(S(=O)(=O)N2CCOCC2)ccc1OC. The van der Waals surface area contributed by atoms with Crippen molar-refractivity contribution in [3.8, 4) is 5.75 Å². The van der Waals surface area contributed by atoms with E-state index >= 15 is 0 Å². The van der Waals surface area contributed by atoms with E-state index < -0.39 is 10.0 Å². The molecule has 1 aromatic carbocycles. The summed E-state index contributed by atoms with van der Waals surface area (Å²) in [5.41, 5.74) is 0.381. The highest BCUT2D eigenvalue weighted by Crippen LogP contribution is 2.30. The van der Waals surface area contributed by atoms with Crippen molar-refractivity contribution < 1.29 is 22.7 Å². The fraction of sp³-hybridized carbons (Fsp3) is 0.632. The summed E-state index contributed by atoms with van der Waals surface area (Å²) in [6.45, 7) is 5.49. The van der Waals surface area contributed by atoms with Crippen LogP contribution in [0.15, 0.2) is 23.1 Å². The highest BCUT2D eigenvalue weighted by atomic mass is 32.2. The minimum Gasteiger partial charge on any atom is -0.495 e. The summed E-state index contributed by atoms with van der Waals surface area (Å²) in [6, 6.07) is 4.57. The van der Waals surface area contributed by atoms with E-state index in [-0.39, 0.29) is 16.7 Å². The predicted octanol–water partition coefficient (Wildman–Crippen LogP) is 2.87. The van der Waals surface area contributed by atoms with E-state index in [2.05, 4.69) is 12.2 Å². The summed E-state index contributed by atoms with van der Waals surface area (Å²) < 4.78 is 37.7. The van der Waals surface area contributed by atoms with E-state index in [4.69, 9.17) is 9.47 Å². The number of carbonyl (C=O) groups excluding carboxylic acids is 1. The molecule has 1 fully saturated rings. The minimum atomic E-state index is -3.64. The van der Waals surface area contributed by atoms with E-state index in [0.29, 0.717) is 37.7 Å². The van der Waals surface area contributed by atoms with Crippen LogP contribution in [-0.2, 0) is 19.6 Å². The zero-order chi connectivity index (χ0) is 19.9. The number of amides is 1. The minimum absolute atomic E-state index is 0.103. The summed E-state index contributed by atoms with van der Waals surface area (Å²) in [6.07, 6.45) is 3.56. The van der Waals surface area contributed by atoms with Gasteiger partial charge in [0, 0.05) is 19.0 Å². The largest absolute Gasteiger partial charge is 0.495 e. The van der Waals surface area contributed by atoms with Gasteiger partial charge in [-0.15, -0.1) is 0 Å². The first-order valence-electron chi connectivity index (χ1n) is 9.50. The second-order valence-electron chi connectivity index (χ2n) is 6.62. The van der Waals surface area contributed by atoms with Gasteiger partial charge in [0.15, 0.2) is 0 Å². The summed E-state index contributed by atoms with van der Waals surface area (Å²) in [4.78, 5) is 12.8. The van der Waals surface area contributed by atoms with Crippen molar-refractivity contribution in [3.63, 3.8) is 0 Å². The smallest absolute Gasteiger partial charge is 0.243 e. The Morgan fingerprint density at radius 1 is 1.30 bits per heavy atom. The van der Waals surface area contributed by atoms with Gasteiger partial charge < -0.3 is 14.8 Å². The van der Waals surface area contributed by atoms with Crippen LogP contribution in [0.25, 0.3) is 0 Å². The Labute approximate surface area is 162 Å². The van der Waals surface area contributed by atoms with Crippen molar-refractivity contribution in [2.24, 2.45) is 5.92 Å². The number of ether oxygens (including phenoxy) is 2. The average Bonchev–Trinajstić information content (AvgIpc) is 2.69. The Kier molecular flexibility index (Phi) is 8.07. The van der Waals surface area contributed by atoms with Gasteiger partial charge >= 0.3 is 0 Å². The maximum atomic E-state index is 12.9. The number of methoxy groups -OCH3 is 1. The number of sulfonamides is 1. The molecule has 1 amide bonds. The van der Waals surface area contributed by atoms with Crippen LogP contribution in [0.3, 0.4) is 0 Å². The summed E-state index contributed by atoms with van der Waals surface area (Å²) in [5, 5.41) is 2.87. The molecule has 1 N–H and O–H groups in total. The Bertz CT molecular complexity index is 730. The number of nitrogens with one attached hydrogen (secondary N) is 1. The molecule has 27 heavy (non-hydrogen) atoms. The van der Waals surface area contributed by atoms with Gasteiger partial charge in [-0.2, -0.15) is 4.31 Å². The maximum Gasteiger partial charge on any atom is 0.243 e. The van der Waals surface area contributed by atoms with Crippen molar-refractivity contribution >= 4 is 21.6 Å². The Hall–Kier alpha value is -1.64. The lowest BCUT2D eigenvalue weighted by atomic mass is 9.98. The fourth-order valence-corrected chi connectivity index (χ4v) is 4.52. The number of morpholine rings is 1. The number of rotatable bonds is 9. The molecule has 152 valence electrons. The molecule has 2 rings (SSSR count). The molecule has 1 atom stereocenters. The number of carbonyl (C=O) groups is 1. The molecule has 1 saturated heterocycles. The predicted molar refractivity (Wildman–Crippen MR) is 105 cm³/mol. The van der Waals surface area contributed by atoms with Gasteiger partial charge in [-0.05, 0) is 31.0 Å². The number of anilines is 1. The molecule has 0 aliphatic carbocycles. The third-order valence-electron chi connectivity index (χ3n) is 4.81. The van der Waals surface area contributed by atoms with Gasteiger partial charge in [-0.25, -0.2) is 8.42 Å². The van der Waals surface area contributed by atoms with Crippen LogP contribution in [0.4, 0.5) is 5.69 Å². The van der Waals surface area contributed by atoms with Gasteiger partial charge in [0.1, 0.15) is 5.75 Å². The fourth-order valence-electron chi connectivity index (χ4n) is 3.09. The molecule has 0 saturated carbocycles. The second kappa shape index (κ2) is 10.1. The van der Waals surface area contributed by atoms with Crippen LogP contribution in [0.5, 0.6) is 5.75 Å². The number of nitrogens with zero attached hydrogens (tertiary/aromatic N) is 1. The normalized spacial score (nSPS) is 16.7. The topological polar surface area (TPSA) is 84.9 Å². The van der Waals surface area contributed by atoms with Crippen LogP contribution in [0, 0.1) is 5.92 Å². The number of unbranched alkanes of at least 4 members (excludes halogenated alkanes) is 1. The molecule has 0 radical (unpaired) electrons. The van der Waals surface area contributed by atoms with Crippen LogP contribution in [0.2, 0.25) is 0 Å². The van der Waals surface area contributed by atoms with Gasteiger partial charge in [0.2, 0.25) is 15.9 Å². The molecule has 1 aromatic rings. The molecule has 1 aliphatic heterocycles. The molecule has 1 aliphatic rings. The van der Waals surface area contributed by atoms with Crippen molar-refractivity contribution in [2.45, 2.75) is 44.4 Å². The van der Waals surface area contributed by atoms with Gasteiger partial charge in [0.05, 0.1) is 30.9 Å². The van der Waals surface area contributed by atoms with Crippen molar-refractivity contribution in [2.75, 3.05) is 38.7 Å². The molecule has 1 unspecified atom stereocenters. The Morgan fingerprint density at radius 2 is 2.00 bits per heavy atom. The van der Waals surface area contributed by atoms with Gasteiger partial charge in [0.25, 0.3) is 0 Å². The summed E-state index contributed by atoms with van der Waals surface area (Å²) >= 11 is 0. The van der Waals surface area contributed by atoms with Crippen molar-refractivity contribution in [1.82, 2.24) is 4.31 Å². The standard InChI is InChI=1S/C19H30N2O5S/c1-4-6-7-15(5-2)19(22)20-17-14-16(8-9-18(17)25-3)27(23,24)21-10-12-26-13-11-21/h8-9,14-15H,4-7,10-13H2,1-3H3,(H,20,22). The highest BCUT2D eigenvalue weighted by molar-refractivity contribution is 7.89. The lowest BCUT2D eigenvalue weighted by molar-refractivity contribution is -0.120. The first kappa shape index (κ1) is 21.7. The number of hydrogen-bond donors (Lipinski definition) is 1. The lowest BCUT2D eigenvalue weighted by Gasteiger charge is -2.26. The molecular formula is C19H30N2O5S. The number of hydrogen-bond acceptors (Lipinski definition) is 5. The monoisotopic (exact) mass is 398 g/mol. The summed E-state index contributed by atoms with van der Waals surface area (Å²) in [7, 11) is -2.14. The van der Waals surface area contributed by atoms with Crippen molar-refractivity contribution in [3.05, 3.63) is 18.2 Å². The molecule has 1 heterocycles. The zero-order valence-corrected chi connectivity index (χ0v) is 17.2. The first-order valence-corrected chi connectivity index (χ1v) is 10.9. The third-order valence-corrected chi connectivity index (χ3v) is 6.70.